The van der Waals surface area contributed by atoms with Crippen LogP contribution in [0.5, 0.6) is 5.75 Å². The monoisotopic (exact) mass is 522 g/mol. The number of halogens is 1. The molecule has 0 bridgehead atoms. The molecule has 0 aliphatic carbocycles. The minimum absolute atomic E-state index is 0.219. The van der Waals surface area contributed by atoms with E-state index in [4.69, 9.17) is 9.47 Å². The summed E-state index contributed by atoms with van der Waals surface area (Å²) in [5, 5.41) is 5.63. The summed E-state index contributed by atoms with van der Waals surface area (Å²) < 4.78 is 10.7. The summed E-state index contributed by atoms with van der Waals surface area (Å²) in [6.07, 6.45) is 2.42. The van der Waals surface area contributed by atoms with Crippen LogP contribution in [0, 0.1) is 0 Å². The topological polar surface area (TPSA) is 93.7 Å². The summed E-state index contributed by atoms with van der Waals surface area (Å²) in [4.78, 5) is 35.8. The van der Waals surface area contributed by atoms with Gasteiger partial charge in [-0.15, -0.1) is 0 Å². The molecule has 0 aliphatic rings. The van der Waals surface area contributed by atoms with Gasteiger partial charge in [0.25, 0.3) is 5.91 Å². The Morgan fingerprint density at radius 2 is 1.59 bits per heavy atom. The lowest BCUT2D eigenvalue weighted by Gasteiger charge is -2.08. The number of carbonyl (C=O) groups is 3. The zero-order valence-corrected chi connectivity index (χ0v) is 20.0. The smallest absolute Gasteiger partial charge is 0.434 e. The Labute approximate surface area is 205 Å². The standard InChI is InChI=1S/C26H23BrN2O5/c1-2-33-26(32)34-23-14-8-20(9-15-23)25(31)28-17-19-5-12-22(13-6-19)29-24(30)16-7-18-3-10-21(27)11-4-18/h3-16H,2,17H2,1H3,(H,28,31)(H,29,30)/b16-7+. The fourth-order valence-corrected chi connectivity index (χ4v) is 3.10. The second-order valence-corrected chi connectivity index (χ2v) is 7.98. The normalized spacial score (nSPS) is 10.5. The number of hydrogen-bond acceptors (Lipinski definition) is 5. The van der Waals surface area contributed by atoms with E-state index in [9.17, 15) is 14.4 Å². The van der Waals surface area contributed by atoms with E-state index in [2.05, 4.69) is 26.6 Å². The number of rotatable bonds is 8. The third kappa shape index (κ3) is 7.90. The highest BCUT2D eigenvalue weighted by Crippen LogP contribution is 2.15. The maximum absolute atomic E-state index is 12.4. The molecule has 0 aromatic heterocycles. The summed E-state index contributed by atoms with van der Waals surface area (Å²) in [6, 6.07) is 21.0. The van der Waals surface area contributed by atoms with Crippen LogP contribution in [-0.4, -0.2) is 24.6 Å². The minimum atomic E-state index is -0.792. The van der Waals surface area contributed by atoms with Crippen LogP contribution < -0.4 is 15.4 Å². The minimum Gasteiger partial charge on any atom is -0.434 e. The van der Waals surface area contributed by atoms with Crippen LogP contribution in [0.15, 0.2) is 83.3 Å². The molecule has 0 saturated heterocycles. The lowest BCUT2D eigenvalue weighted by molar-refractivity contribution is -0.111. The van der Waals surface area contributed by atoms with Crippen LogP contribution in [0.2, 0.25) is 0 Å². The van der Waals surface area contributed by atoms with Gasteiger partial charge in [0.15, 0.2) is 0 Å². The molecule has 0 fully saturated rings. The van der Waals surface area contributed by atoms with E-state index in [0.717, 1.165) is 15.6 Å². The maximum atomic E-state index is 12.4. The molecule has 34 heavy (non-hydrogen) atoms. The summed E-state index contributed by atoms with van der Waals surface area (Å²) in [7, 11) is 0. The summed E-state index contributed by atoms with van der Waals surface area (Å²) in [5.41, 5.74) is 2.87. The second kappa shape index (κ2) is 12.4. The van der Waals surface area contributed by atoms with Gasteiger partial charge in [-0.1, -0.05) is 40.2 Å². The number of carbonyl (C=O) groups excluding carboxylic acids is 3. The largest absolute Gasteiger partial charge is 0.513 e. The summed E-state index contributed by atoms with van der Waals surface area (Å²) >= 11 is 3.38. The molecule has 0 aliphatic heterocycles. The average molecular weight is 523 g/mol. The molecule has 3 aromatic carbocycles. The number of hydrogen-bond donors (Lipinski definition) is 2. The first-order valence-corrected chi connectivity index (χ1v) is 11.3. The van der Waals surface area contributed by atoms with E-state index in [0.29, 0.717) is 23.5 Å². The van der Waals surface area contributed by atoms with E-state index in [1.807, 2.05) is 36.4 Å². The highest BCUT2D eigenvalue weighted by molar-refractivity contribution is 9.10. The molecule has 2 amide bonds. The van der Waals surface area contributed by atoms with Crippen molar-refractivity contribution in [3.63, 3.8) is 0 Å². The van der Waals surface area contributed by atoms with E-state index < -0.39 is 6.16 Å². The van der Waals surface area contributed by atoms with Crippen LogP contribution in [-0.2, 0) is 16.1 Å². The van der Waals surface area contributed by atoms with Crippen molar-refractivity contribution in [2.24, 2.45) is 0 Å². The zero-order valence-electron chi connectivity index (χ0n) is 18.4. The van der Waals surface area contributed by atoms with E-state index in [1.165, 1.54) is 18.2 Å². The predicted octanol–water partition coefficient (Wildman–Crippen LogP) is 5.57. The van der Waals surface area contributed by atoms with Crippen molar-refractivity contribution in [3.05, 3.63) is 100 Å². The fraction of sp³-hybridized carbons (Fsp3) is 0.115. The lowest BCUT2D eigenvalue weighted by Crippen LogP contribution is -2.22. The molecular formula is C26H23BrN2O5. The molecule has 0 spiro atoms. The molecule has 7 nitrogen and oxygen atoms in total. The average Bonchev–Trinajstić information content (AvgIpc) is 2.83. The van der Waals surface area contributed by atoms with Crippen LogP contribution in [0.3, 0.4) is 0 Å². The van der Waals surface area contributed by atoms with Gasteiger partial charge in [-0.25, -0.2) is 4.79 Å². The molecule has 0 atom stereocenters. The quantitative estimate of drug-likeness (QED) is 0.229. The van der Waals surface area contributed by atoms with Crippen molar-refractivity contribution < 1.29 is 23.9 Å². The molecule has 3 rings (SSSR count). The first-order chi connectivity index (χ1) is 16.4. The molecule has 3 aromatic rings. The molecule has 0 radical (unpaired) electrons. The van der Waals surface area contributed by atoms with Crippen molar-refractivity contribution in [1.82, 2.24) is 5.32 Å². The van der Waals surface area contributed by atoms with E-state index in [-0.39, 0.29) is 18.4 Å². The third-order valence-corrected chi connectivity index (χ3v) is 5.08. The van der Waals surface area contributed by atoms with E-state index >= 15 is 0 Å². The van der Waals surface area contributed by atoms with Gasteiger partial charge in [0.05, 0.1) is 6.61 Å². The Morgan fingerprint density at radius 3 is 2.24 bits per heavy atom. The number of anilines is 1. The Bertz CT molecular complexity index is 1160. The van der Waals surface area contributed by atoms with Gasteiger partial charge in [0, 0.05) is 28.3 Å². The molecule has 8 heteroatoms. The van der Waals surface area contributed by atoms with Crippen LogP contribution in [0.1, 0.15) is 28.4 Å². The van der Waals surface area contributed by atoms with Gasteiger partial charge in [0.1, 0.15) is 5.75 Å². The van der Waals surface area contributed by atoms with Gasteiger partial charge in [-0.2, -0.15) is 0 Å². The number of benzene rings is 3. The van der Waals surface area contributed by atoms with Gasteiger partial charge in [-0.3, -0.25) is 9.59 Å². The Kier molecular flexibility index (Phi) is 8.99. The van der Waals surface area contributed by atoms with Crippen molar-refractivity contribution in [1.29, 1.82) is 0 Å². The van der Waals surface area contributed by atoms with Crippen molar-refractivity contribution in [2.45, 2.75) is 13.5 Å². The first kappa shape index (κ1) is 24.7. The Balaban J connectivity index is 1.46. The molecule has 0 heterocycles. The van der Waals surface area contributed by atoms with Gasteiger partial charge in [0.2, 0.25) is 5.91 Å². The van der Waals surface area contributed by atoms with E-state index in [1.54, 1.807) is 37.3 Å². The SMILES string of the molecule is CCOC(=O)Oc1ccc(C(=O)NCc2ccc(NC(=O)/C=C/c3ccc(Br)cc3)cc2)cc1. The van der Waals surface area contributed by atoms with Gasteiger partial charge in [-0.05, 0) is 72.7 Å². The van der Waals surface area contributed by atoms with Gasteiger partial charge < -0.3 is 20.1 Å². The molecule has 2 N–H and O–H groups in total. The maximum Gasteiger partial charge on any atom is 0.513 e. The summed E-state index contributed by atoms with van der Waals surface area (Å²) in [5.74, 6) is -0.211. The van der Waals surface area contributed by atoms with Crippen LogP contribution in [0.4, 0.5) is 10.5 Å². The molecule has 0 saturated carbocycles. The molecular weight excluding hydrogens is 500 g/mol. The summed E-state index contributed by atoms with van der Waals surface area (Å²) in [6.45, 7) is 2.22. The zero-order chi connectivity index (χ0) is 24.3. The Hall–Kier alpha value is -3.91. The van der Waals surface area contributed by atoms with Crippen molar-refractivity contribution >= 4 is 45.7 Å². The van der Waals surface area contributed by atoms with Crippen LogP contribution >= 0.6 is 15.9 Å². The first-order valence-electron chi connectivity index (χ1n) is 10.5. The fourth-order valence-electron chi connectivity index (χ4n) is 2.84. The van der Waals surface area contributed by atoms with Gasteiger partial charge >= 0.3 is 6.16 Å². The second-order valence-electron chi connectivity index (χ2n) is 7.06. The van der Waals surface area contributed by atoms with Crippen molar-refractivity contribution in [2.75, 3.05) is 11.9 Å². The Morgan fingerprint density at radius 1 is 0.912 bits per heavy atom. The van der Waals surface area contributed by atoms with Crippen LogP contribution in [0.25, 0.3) is 6.08 Å². The number of amides is 2. The molecule has 0 unspecified atom stereocenters. The third-order valence-electron chi connectivity index (χ3n) is 4.55. The lowest BCUT2D eigenvalue weighted by atomic mass is 10.1. The highest BCUT2D eigenvalue weighted by Gasteiger charge is 2.08. The molecule has 174 valence electrons. The number of ether oxygens (including phenoxy) is 2. The number of nitrogens with one attached hydrogen (secondary N) is 2. The predicted molar refractivity (Wildman–Crippen MR) is 134 cm³/mol. The highest BCUT2D eigenvalue weighted by atomic mass is 79.9. The van der Waals surface area contributed by atoms with Crippen molar-refractivity contribution in [3.8, 4) is 5.75 Å².